The highest BCUT2D eigenvalue weighted by Crippen LogP contribution is 2.15. The molecular weight excluding hydrogens is 294 g/mol. The highest BCUT2D eigenvalue weighted by Gasteiger charge is 2.19. The van der Waals surface area contributed by atoms with Crippen LogP contribution in [0.4, 0.5) is 5.69 Å². The van der Waals surface area contributed by atoms with Crippen molar-refractivity contribution >= 4 is 17.6 Å². The van der Waals surface area contributed by atoms with E-state index in [1.54, 1.807) is 43.5 Å². The lowest BCUT2D eigenvalue weighted by Gasteiger charge is -2.14. The van der Waals surface area contributed by atoms with Crippen molar-refractivity contribution in [2.24, 2.45) is 0 Å². The first-order valence-corrected chi connectivity index (χ1v) is 7.22. The summed E-state index contributed by atoms with van der Waals surface area (Å²) < 4.78 is 10.2. The lowest BCUT2D eigenvalue weighted by atomic mass is 10.1. The summed E-state index contributed by atoms with van der Waals surface area (Å²) >= 11 is 0. The van der Waals surface area contributed by atoms with Crippen molar-refractivity contribution in [3.63, 3.8) is 0 Å². The summed E-state index contributed by atoms with van der Waals surface area (Å²) in [6.07, 6.45) is -0.897. The van der Waals surface area contributed by atoms with Gasteiger partial charge < -0.3 is 14.8 Å². The number of hydrogen-bond donors (Lipinski definition) is 1. The molecule has 0 spiro atoms. The fourth-order valence-corrected chi connectivity index (χ4v) is 1.89. The van der Waals surface area contributed by atoms with E-state index in [0.717, 1.165) is 5.56 Å². The molecule has 0 saturated carbocycles. The minimum Gasteiger partial charge on any atom is -0.497 e. The number of ether oxygens (including phenoxy) is 2. The van der Waals surface area contributed by atoms with Crippen molar-refractivity contribution in [2.75, 3.05) is 12.4 Å². The highest BCUT2D eigenvalue weighted by molar-refractivity contribution is 5.97. The van der Waals surface area contributed by atoms with Crippen LogP contribution in [-0.4, -0.2) is 25.1 Å². The number of benzene rings is 2. The molecule has 1 amide bonds. The van der Waals surface area contributed by atoms with Gasteiger partial charge in [-0.2, -0.15) is 0 Å². The van der Waals surface area contributed by atoms with E-state index in [-0.39, 0.29) is 0 Å². The zero-order valence-electron chi connectivity index (χ0n) is 13.3. The summed E-state index contributed by atoms with van der Waals surface area (Å²) in [5.74, 6) is -0.222. The molecule has 0 aliphatic heterocycles. The Hall–Kier alpha value is -2.82. The van der Waals surface area contributed by atoms with Gasteiger partial charge in [0.1, 0.15) is 5.75 Å². The Bertz CT molecular complexity index is 677. The molecule has 0 fully saturated rings. The molecule has 0 aliphatic carbocycles. The van der Waals surface area contributed by atoms with E-state index in [1.165, 1.54) is 6.92 Å². The molecule has 2 rings (SSSR count). The summed E-state index contributed by atoms with van der Waals surface area (Å²) in [4.78, 5) is 24.1. The first-order chi connectivity index (χ1) is 11.0. The average molecular weight is 313 g/mol. The maximum absolute atomic E-state index is 12.1. The van der Waals surface area contributed by atoms with Gasteiger partial charge in [0, 0.05) is 5.69 Å². The van der Waals surface area contributed by atoms with E-state index < -0.39 is 18.0 Å². The second kappa shape index (κ2) is 7.45. The molecule has 0 bridgehead atoms. The maximum Gasteiger partial charge on any atom is 0.338 e. The zero-order chi connectivity index (χ0) is 16.8. The van der Waals surface area contributed by atoms with Gasteiger partial charge in [0.05, 0.1) is 12.7 Å². The molecule has 0 saturated heterocycles. The molecule has 0 heterocycles. The lowest BCUT2D eigenvalue weighted by molar-refractivity contribution is -0.123. The van der Waals surface area contributed by atoms with Crippen molar-refractivity contribution in [1.82, 2.24) is 0 Å². The predicted octanol–water partition coefficient (Wildman–Crippen LogP) is 3.19. The van der Waals surface area contributed by atoms with Gasteiger partial charge in [-0.25, -0.2) is 4.79 Å². The third kappa shape index (κ3) is 4.57. The number of hydrogen-bond acceptors (Lipinski definition) is 4. The van der Waals surface area contributed by atoms with Crippen molar-refractivity contribution in [3.05, 3.63) is 59.7 Å². The minimum absolute atomic E-state index is 0.393. The van der Waals surface area contributed by atoms with Gasteiger partial charge in [-0.3, -0.25) is 4.79 Å². The number of carbonyl (C=O) groups excluding carboxylic acids is 2. The standard InChI is InChI=1S/C18H19NO4/c1-12-4-6-14(7-5-12)18(21)23-13(2)17(20)19-15-8-10-16(22-3)11-9-15/h4-11,13H,1-3H3,(H,19,20). The second-order valence-electron chi connectivity index (χ2n) is 5.13. The summed E-state index contributed by atoms with van der Waals surface area (Å²) in [7, 11) is 1.57. The fraction of sp³-hybridized carbons (Fsp3) is 0.222. The molecule has 0 aliphatic rings. The van der Waals surface area contributed by atoms with Gasteiger partial charge in [0.2, 0.25) is 0 Å². The lowest BCUT2D eigenvalue weighted by Crippen LogP contribution is -2.30. The third-order valence-corrected chi connectivity index (χ3v) is 3.30. The van der Waals surface area contributed by atoms with Gasteiger partial charge in [-0.05, 0) is 50.2 Å². The van der Waals surface area contributed by atoms with Crippen LogP contribution in [0.3, 0.4) is 0 Å². The summed E-state index contributed by atoms with van der Waals surface area (Å²) in [6.45, 7) is 3.46. The molecule has 1 atom stereocenters. The minimum atomic E-state index is -0.897. The predicted molar refractivity (Wildman–Crippen MR) is 87.7 cm³/mol. The first-order valence-electron chi connectivity index (χ1n) is 7.22. The molecule has 2 aromatic carbocycles. The van der Waals surface area contributed by atoms with E-state index in [0.29, 0.717) is 17.0 Å². The fourth-order valence-electron chi connectivity index (χ4n) is 1.89. The molecule has 0 radical (unpaired) electrons. The number of amides is 1. The first kappa shape index (κ1) is 16.5. The number of aryl methyl sites for hydroxylation is 1. The Morgan fingerprint density at radius 3 is 2.17 bits per heavy atom. The van der Waals surface area contributed by atoms with Crippen molar-refractivity contribution < 1.29 is 19.1 Å². The van der Waals surface area contributed by atoms with E-state index in [4.69, 9.17) is 9.47 Å². The monoisotopic (exact) mass is 313 g/mol. The summed E-state index contributed by atoms with van der Waals surface area (Å²) in [6, 6.07) is 13.9. The van der Waals surface area contributed by atoms with Crippen LogP contribution in [-0.2, 0) is 9.53 Å². The highest BCUT2D eigenvalue weighted by atomic mass is 16.5. The molecular formula is C18H19NO4. The van der Waals surface area contributed by atoms with Crippen molar-refractivity contribution in [2.45, 2.75) is 20.0 Å². The zero-order valence-corrected chi connectivity index (χ0v) is 13.3. The topological polar surface area (TPSA) is 64.6 Å². The van der Waals surface area contributed by atoms with Crippen LogP contribution in [0, 0.1) is 6.92 Å². The van der Waals surface area contributed by atoms with Crippen LogP contribution in [0.25, 0.3) is 0 Å². The van der Waals surface area contributed by atoms with Crippen LogP contribution < -0.4 is 10.1 Å². The molecule has 2 aromatic rings. The summed E-state index contributed by atoms with van der Waals surface area (Å²) in [5, 5.41) is 2.69. The van der Waals surface area contributed by atoms with Crippen LogP contribution in [0.2, 0.25) is 0 Å². The molecule has 1 N–H and O–H groups in total. The van der Waals surface area contributed by atoms with Crippen LogP contribution in [0.1, 0.15) is 22.8 Å². The van der Waals surface area contributed by atoms with Gasteiger partial charge in [-0.1, -0.05) is 17.7 Å². The van der Waals surface area contributed by atoms with Gasteiger partial charge in [0.15, 0.2) is 6.10 Å². The van der Waals surface area contributed by atoms with Crippen molar-refractivity contribution in [3.8, 4) is 5.75 Å². The van der Waals surface area contributed by atoms with E-state index in [1.807, 2.05) is 19.1 Å². The van der Waals surface area contributed by atoms with E-state index in [9.17, 15) is 9.59 Å². The number of esters is 1. The van der Waals surface area contributed by atoms with Gasteiger partial charge in [0.25, 0.3) is 5.91 Å². The molecule has 0 aromatic heterocycles. The van der Waals surface area contributed by atoms with Crippen LogP contribution in [0.5, 0.6) is 5.75 Å². The normalized spacial score (nSPS) is 11.4. The van der Waals surface area contributed by atoms with E-state index in [2.05, 4.69) is 5.32 Å². The molecule has 5 heteroatoms. The number of carbonyl (C=O) groups is 2. The number of nitrogens with one attached hydrogen (secondary N) is 1. The van der Waals surface area contributed by atoms with Gasteiger partial charge in [-0.15, -0.1) is 0 Å². The molecule has 1 unspecified atom stereocenters. The Morgan fingerprint density at radius 1 is 1.00 bits per heavy atom. The second-order valence-corrected chi connectivity index (χ2v) is 5.13. The number of methoxy groups -OCH3 is 1. The number of rotatable bonds is 5. The molecule has 5 nitrogen and oxygen atoms in total. The SMILES string of the molecule is COc1ccc(NC(=O)C(C)OC(=O)c2ccc(C)cc2)cc1. The smallest absolute Gasteiger partial charge is 0.338 e. The largest absolute Gasteiger partial charge is 0.497 e. The number of anilines is 1. The van der Waals surface area contributed by atoms with Crippen LogP contribution in [0.15, 0.2) is 48.5 Å². The molecule has 23 heavy (non-hydrogen) atoms. The third-order valence-electron chi connectivity index (χ3n) is 3.30. The van der Waals surface area contributed by atoms with E-state index >= 15 is 0 Å². The maximum atomic E-state index is 12.1. The molecule has 120 valence electrons. The summed E-state index contributed by atoms with van der Waals surface area (Å²) in [5.41, 5.74) is 2.07. The Morgan fingerprint density at radius 2 is 1.61 bits per heavy atom. The Kier molecular flexibility index (Phi) is 5.36. The van der Waals surface area contributed by atoms with Crippen LogP contribution >= 0.6 is 0 Å². The quantitative estimate of drug-likeness (QED) is 0.861. The average Bonchev–Trinajstić information content (AvgIpc) is 2.56. The Balaban J connectivity index is 1.93. The van der Waals surface area contributed by atoms with Gasteiger partial charge >= 0.3 is 5.97 Å². The Labute approximate surface area is 135 Å². The van der Waals surface area contributed by atoms with Crippen molar-refractivity contribution in [1.29, 1.82) is 0 Å².